The average molecular weight is 298 g/mol. The van der Waals surface area contributed by atoms with E-state index in [2.05, 4.69) is 10.4 Å². The van der Waals surface area contributed by atoms with Crippen molar-refractivity contribution in [1.82, 2.24) is 9.78 Å². The molecule has 0 unspecified atom stereocenters. The molecule has 0 saturated carbocycles. The first-order chi connectivity index (χ1) is 9.83. The lowest BCUT2D eigenvalue weighted by Crippen LogP contribution is -2.17. The van der Waals surface area contributed by atoms with Gasteiger partial charge in [0.15, 0.2) is 0 Å². The zero-order chi connectivity index (χ0) is 15.5. The van der Waals surface area contributed by atoms with Gasteiger partial charge in [-0.1, -0.05) is 12.1 Å². The van der Waals surface area contributed by atoms with E-state index < -0.39 is 18.6 Å². The van der Waals surface area contributed by atoms with Crippen LogP contribution in [-0.4, -0.2) is 21.9 Å². The molecule has 112 valence electrons. The van der Waals surface area contributed by atoms with Gasteiger partial charge in [-0.3, -0.25) is 9.48 Å². The number of carbonyl (C=O) groups excluding carboxylic acids is 1. The number of nitrogens with two attached hydrogens (primary N) is 1. The smallest absolute Gasteiger partial charge is 0.378 e. The van der Waals surface area contributed by atoms with Crippen molar-refractivity contribution in [2.24, 2.45) is 5.73 Å². The van der Waals surface area contributed by atoms with Crippen LogP contribution >= 0.6 is 0 Å². The molecule has 0 spiro atoms. The number of nitrogens with one attached hydrogen (secondary N) is 1. The van der Waals surface area contributed by atoms with E-state index in [1.807, 2.05) is 0 Å². The van der Waals surface area contributed by atoms with Gasteiger partial charge in [0.05, 0.1) is 11.9 Å². The topological polar surface area (TPSA) is 72.9 Å². The van der Waals surface area contributed by atoms with Crippen LogP contribution in [0.3, 0.4) is 0 Å². The Morgan fingerprint density at radius 3 is 2.81 bits per heavy atom. The van der Waals surface area contributed by atoms with Crippen molar-refractivity contribution in [3.05, 3.63) is 47.8 Å². The van der Waals surface area contributed by atoms with E-state index in [-0.39, 0.29) is 0 Å². The van der Waals surface area contributed by atoms with Gasteiger partial charge >= 0.3 is 6.18 Å². The Balaban J connectivity index is 1.97. The maximum Gasteiger partial charge on any atom is 0.408 e. The highest BCUT2D eigenvalue weighted by atomic mass is 19.4. The number of alkyl halides is 3. The van der Waals surface area contributed by atoms with E-state index in [4.69, 9.17) is 5.73 Å². The summed E-state index contributed by atoms with van der Waals surface area (Å²) in [4.78, 5) is 11.0. The molecule has 1 heterocycles. The first-order valence-electron chi connectivity index (χ1n) is 6.05. The Kier molecular flexibility index (Phi) is 4.15. The van der Waals surface area contributed by atoms with Crippen LogP contribution in [0, 0.1) is 0 Å². The molecule has 21 heavy (non-hydrogen) atoms. The third kappa shape index (κ3) is 4.51. The van der Waals surface area contributed by atoms with Crippen LogP contribution in [0.25, 0.3) is 0 Å². The summed E-state index contributed by atoms with van der Waals surface area (Å²) in [7, 11) is 0. The van der Waals surface area contributed by atoms with Crippen molar-refractivity contribution >= 4 is 11.6 Å². The molecule has 0 radical (unpaired) electrons. The first-order valence-corrected chi connectivity index (χ1v) is 6.05. The number of carbonyl (C=O) groups is 1. The number of primary amides is 1. The fourth-order valence-corrected chi connectivity index (χ4v) is 1.76. The Hall–Kier alpha value is -2.51. The van der Waals surface area contributed by atoms with Crippen LogP contribution in [0.2, 0.25) is 0 Å². The standard InChI is InChI=1S/C13H13F3N4O/c14-13(15,16)8-20-7-11(6-19-20)18-5-9-2-1-3-10(4-9)12(17)21/h1-4,6-7,18H,5,8H2,(H2,17,21). The second-order valence-corrected chi connectivity index (χ2v) is 4.46. The number of rotatable bonds is 5. The molecule has 8 heteroatoms. The third-order valence-corrected chi connectivity index (χ3v) is 2.68. The van der Waals surface area contributed by atoms with Gasteiger partial charge in [-0.15, -0.1) is 0 Å². The predicted molar refractivity (Wildman–Crippen MR) is 70.6 cm³/mol. The number of hydrogen-bond donors (Lipinski definition) is 2. The molecular weight excluding hydrogens is 285 g/mol. The van der Waals surface area contributed by atoms with Crippen LogP contribution in [0.5, 0.6) is 0 Å². The maximum absolute atomic E-state index is 12.2. The van der Waals surface area contributed by atoms with Gasteiger partial charge in [0.2, 0.25) is 5.91 Å². The van der Waals surface area contributed by atoms with Crippen molar-refractivity contribution in [3.8, 4) is 0 Å². The highest BCUT2D eigenvalue weighted by Crippen LogP contribution is 2.18. The molecule has 0 saturated heterocycles. The van der Waals surface area contributed by atoms with Gasteiger partial charge in [-0.05, 0) is 17.7 Å². The Morgan fingerprint density at radius 2 is 2.14 bits per heavy atom. The summed E-state index contributed by atoms with van der Waals surface area (Å²) in [5.74, 6) is -0.533. The summed E-state index contributed by atoms with van der Waals surface area (Å²) in [5, 5.41) is 6.55. The van der Waals surface area contributed by atoms with Crippen molar-refractivity contribution in [2.75, 3.05) is 5.32 Å². The Bertz CT molecular complexity index is 636. The molecular formula is C13H13F3N4O. The molecule has 3 N–H and O–H groups in total. The van der Waals surface area contributed by atoms with Gasteiger partial charge in [0, 0.05) is 18.3 Å². The lowest BCUT2D eigenvalue weighted by molar-refractivity contribution is -0.142. The van der Waals surface area contributed by atoms with Crippen LogP contribution in [0.15, 0.2) is 36.7 Å². The van der Waals surface area contributed by atoms with E-state index in [1.54, 1.807) is 24.3 Å². The van der Waals surface area contributed by atoms with Crippen molar-refractivity contribution in [1.29, 1.82) is 0 Å². The fourth-order valence-electron chi connectivity index (χ4n) is 1.76. The third-order valence-electron chi connectivity index (χ3n) is 2.68. The van der Waals surface area contributed by atoms with Crippen LogP contribution in [0.4, 0.5) is 18.9 Å². The first kappa shape index (κ1) is 14.9. The van der Waals surface area contributed by atoms with Crippen LogP contribution < -0.4 is 11.1 Å². The summed E-state index contributed by atoms with van der Waals surface area (Å²) < 4.78 is 37.4. The monoisotopic (exact) mass is 298 g/mol. The molecule has 5 nitrogen and oxygen atoms in total. The van der Waals surface area contributed by atoms with E-state index >= 15 is 0 Å². The minimum absolute atomic E-state index is 0.346. The number of anilines is 1. The number of nitrogens with zero attached hydrogens (tertiary/aromatic N) is 2. The number of halogens is 3. The fraction of sp³-hybridized carbons (Fsp3) is 0.231. The second-order valence-electron chi connectivity index (χ2n) is 4.46. The van der Waals surface area contributed by atoms with Crippen LogP contribution in [-0.2, 0) is 13.1 Å². The molecule has 0 aliphatic carbocycles. The van der Waals surface area contributed by atoms with Gasteiger partial charge in [-0.2, -0.15) is 18.3 Å². The van der Waals surface area contributed by atoms with Crippen molar-refractivity contribution in [2.45, 2.75) is 19.3 Å². The molecule has 2 aromatic rings. The van der Waals surface area contributed by atoms with Gasteiger partial charge in [-0.25, -0.2) is 0 Å². The molecule has 1 aromatic carbocycles. The summed E-state index contributed by atoms with van der Waals surface area (Å²) in [6.45, 7) is -0.787. The predicted octanol–water partition coefficient (Wildman–Crippen LogP) is 2.16. The van der Waals surface area contributed by atoms with Crippen molar-refractivity contribution < 1.29 is 18.0 Å². The van der Waals surface area contributed by atoms with E-state index in [0.717, 1.165) is 10.2 Å². The number of hydrogen-bond acceptors (Lipinski definition) is 3. The van der Waals surface area contributed by atoms with Gasteiger partial charge in [0.25, 0.3) is 0 Å². The molecule has 0 bridgehead atoms. The quantitative estimate of drug-likeness (QED) is 0.888. The molecule has 0 atom stereocenters. The zero-order valence-corrected chi connectivity index (χ0v) is 10.9. The Labute approximate surface area is 118 Å². The van der Waals surface area contributed by atoms with E-state index in [9.17, 15) is 18.0 Å². The largest absolute Gasteiger partial charge is 0.408 e. The van der Waals surface area contributed by atoms with Crippen molar-refractivity contribution in [3.63, 3.8) is 0 Å². The van der Waals surface area contributed by atoms with Gasteiger partial charge in [0.1, 0.15) is 6.54 Å². The number of amides is 1. The minimum atomic E-state index is -4.31. The number of aromatic nitrogens is 2. The summed E-state index contributed by atoms with van der Waals surface area (Å²) >= 11 is 0. The summed E-state index contributed by atoms with van der Waals surface area (Å²) in [5.41, 5.74) is 6.80. The second kappa shape index (κ2) is 5.86. The molecule has 1 aromatic heterocycles. The summed E-state index contributed by atoms with van der Waals surface area (Å²) in [6.07, 6.45) is -1.73. The molecule has 0 aliphatic rings. The normalized spacial score (nSPS) is 11.4. The minimum Gasteiger partial charge on any atom is -0.378 e. The maximum atomic E-state index is 12.2. The average Bonchev–Trinajstić information content (AvgIpc) is 2.82. The van der Waals surface area contributed by atoms with E-state index in [0.29, 0.717) is 17.8 Å². The molecule has 2 rings (SSSR count). The SMILES string of the molecule is NC(=O)c1cccc(CNc2cnn(CC(F)(F)F)c2)c1. The molecule has 0 aliphatic heterocycles. The molecule has 0 fully saturated rings. The summed E-state index contributed by atoms with van der Waals surface area (Å²) in [6, 6.07) is 6.67. The molecule has 1 amide bonds. The Morgan fingerprint density at radius 1 is 1.38 bits per heavy atom. The highest BCUT2D eigenvalue weighted by molar-refractivity contribution is 5.92. The zero-order valence-electron chi connectivity index (χ0n) is 10.9. The van der Waals surface area contributed by atoms with Gasteiger partial charge < -0.3 is 11.1 Å². The van der Waals surface area contributed by atoms with E-state index in [1.165, 1.54) is 12.4 Å². The lowest BCUT2D eigenvalue weighted by atomic mass is 10.1. The van der Waals surface area contributed by atoms with Crippen LogP contribution in [0.1, 0.15) is 15.9 Å². The lowest BCUT2D eigenvalue weighted by Gasteiger charge is -2.06. The highest BCUT2D eigenvalue weighted by Gasteiger charge is 2.28. The number of benzene rings is 1.